The van der Waals surface area contributed by atoms with Crippen LogP contribution in [0.2, 0.25) is 0 Å². The molecule has 21 heavy (non-hydrogen) atoms. The van der Waals surface area contributed by atoms with E-state index in [-0.39, 0.29) is 24.3 Å². The van der Waals surface area contributed by atoms with Gasteiger partial charge in [-0.1, -0.05) is 0 Å². The molecule has 5 heteroatoms. The molecule has 1 aliphatic heterocycles. The number of piperidine rings is 1. The second-order valence-electron chi connectivity index (χ2n) is 7.76. The number of rotatable bonds is 4. The number of nitrogens with one attached hydrogen (secondary N) is 1. The Hall–Kier alpha value is -0.810. The smallest absolute Gasteiger partial charge is 0.410 e. The summed E-state index contributed by atoms with van der Waals surface area (Å²) in [5.74, 6) is 0.569. The van der Waals surface area contributed by atoms with Crippen LogP contribution in [-0.2, 0) is 4.74 Å². The first kappa shape index (κ1) is 16.6. The van der Waals surface area contributed by atoms with Crippen LogP contribution in [0.5, 0.6) is 0 Å². The van der Waals surface area contributed by atoms with Gasteiger partial charge in [0.05, 0.1) is 6.61 Å². The van der Waals surface area contributed by atoms with Gasteiger partial charge in [0.15, 0.2) is 0 Å². The fraction of sp³-hybridized carbons (Fsp3) is 0.938. The zero-order valence-electron chi connectivity index (χ0n) is 13.8. The Kier molecular flexibility index (Phi) is 4.83. The van der Waals surface area contributed by atoms with E-state index in [4.69, 9.17) is 4.74 Å². The number of hydrogen-bond donors (Lipinski definition) is 2. The Morgan fingerprint density at radius 3 is 2.48 bits per heavy atom. The summed E-state index contributed by atoms with van der Waals surface area (Å²) >= 11 is 0. The zero-order chi connectivity index (χ0) is 15.7. The lowest BCUT2D eigenvalue weighted by molar-refractivity contribution is 0.0161. The van der Waals surface area contributed by atoms with Crippen molar-refractivity contribution in [2.24, 2.45) is 5.92 Å². The van der Waals surface area contributed by atoms with Crippen LogP contribution >= 0.6 is 0 Å². The number of amides is 1. The van der Waals surface area contributed by atoms with Gasteiger partial charge in [0, 0.05) is 24.7 Å². The van der Waals surface area contributed by atoms with Gasteiger partial charge < -0.3 is 20.1 Å². The predicted octanol–water partition coefficient (Wildman–Crippen LogP) is 2.14. The van der Waals surface area contributed by atoms with Crippen molar-refractivity contribution >= 4 is 6.09 Å². The second kappa shape index (κ2) is 6.13. The highest BCUT2D eigenvalue weighted by atomic mass is 16.6. The maximum atomic E-state index is 12.2. The van der Waals surface area contributed by atoms with E-state index in [1.807, 2.05) is 20.8 Å². The van der Waals surface area contributed by atoms with Gasteiger partial charge in [-0.3, -0.25) is 0 Å². The molecular formula is C16H30N2O3. The van der Waals surface area contributed by atoms with E-state index >= 15 is 0 Å². The molecule has 1 aliphatic carbocycles. The number of aliphatic hydroxyl groups is 1. The molecule has 2 atom stereocenters. The van der Waals surface area contributed by atoms with Crippen molar-refractivity contribution in [2.45, 2.75) is 70.6 Å². The molecule has 1 heterocycles. The Balaban J connectivity index is 1.90. The van der Waals surface area contributed by atoms with Gasteiger partial charge >= 0.3 is 6.09 Å². The molecular weight excluding hydrogens is 268 g/mol. The largest absolute Gasteiger partial charge is 0.444 e. The van der Waals surface area contributed by atoms with Gasteiger partial charge in [0.2, 0.25) is 0 Å². The molecule has 2 rings (SSSR count). The molecule has 2 aliphatic rings. The molecule has 122 valence electrons. The molecule has 2 N–H and O–H groups in total. The number of likely N-dealkylation sites (tertiary alicyclic amines) is 1. The Bertz CT molecular complexity index is 376. The normalized spacial score (nSPS) is 26.3. The van der Waals surface area contributed by atoms with Crippen LogP contribution < -0.4 is 5.32 Å². The number of ether oxygens (including phenoxy) is 1. The van der Waals surface area contributed by atoms with Crippen LogP contribution in [0.1, 0.15) is 53.4 Å². The Morgan fingerprint density at radius 1 is 1.29 bits per heavy atom. The van der Waals surface area contributed by atoms with E-state index in [0.29, 0.717) is 12.5 Å². The summed E-state index contributed by atoms with van der Waals surface area (Å²) in [7, 11) is 0. The van der Waals surface area contributed by atoms with E-state index in [2.05, 4.69) is 12.2 Å². The average molecular weight is 298 g/mol. The summed E-state index contributed by atoms with van der Waals surface area (Å²) in [5, 5.41) is 13.3. The minimum atomic E-state index is -0.453. The third-order valence-electron chi connectivity index (χ3n) is 4.41. The topological polar surface area (TPSA) is 61.8 Å². The fourth-order valence-corrected chi connectivity index (χ4v) is 3.07. The first-order valence-electron chi connectivity index (χ1n) is 8.10. The highest BCUT2D eigenvalue weighted by Gasteiger charge is 2.42. The maximum Gasteiger partial charge on any atom is 0.410 e. The third kappa shape index (κ3) is 4.58. The first-order chi connectivity index (χ1) is 9.73. The van der Waals surface area contributed by atoms with E-state index in [0.717, 1.165) is 19.4 Å². The standard InChI is InChI=1S/C16H30N2O3/c1-15(2,3)21-14(20)18-9-5-6-13(10-18)17-16(4,11-19)12-7-8-12/h12-13,17,19H,5-11H2,1-4H3. The summed E-state index contributed by atoms with van der Waals surface area (Å²) in [6, 6.07) is 0.240. The number of aliphatic hydroxyl groups excluding tert-OH is 1. The lowest BCUT2D eigenvalue weighted by Gasteiger charge is -2.39. The van der Waals surface area contributed by atoms with Gasteiger partial charge in [-0.25, -0.2) is 4.79 Å². The highest BCUT2D eigenvalue weighted by Crippen LogP contribution is 2.39. The summed E-state index contributed by atoms with van der Waals surface area (Å²) in [6.45, 7) is 9.34. The van der Waals surface area contributed by atoms with Crippen LogP contribution in [0, 0.1) is 5.92 Å². The van der Waals surface area contributed by atoms with Gasteiger partial charge in [-0.15, -0.1) is 0 Å². The van der Waals surface area contributed by atoms with Crippen LogP contribution in [-0.4, -0.2) is 53.0 Å². The monoisotopic (exact) mass is 298 g/mol. The van der Waals surface area contributed by atoms with Crippen molar-refractivity contribution in [1.82, 2.24) is 10.2 Å². The van der Waals surface area contributed by atoms with Crippen molar-refractivity contribution in [3.63, 3.8) is 0 Å². The minimum Gasteiger partial charge on any atom is -0.444 e. The zero-order valence-corrected chi connectivity index (χ0v) is 13.8. The summed E-state index contributed by atoms with van der Waals surface area (Å²) < 4.78 is 5.45. The van der Waals surface area contributed by atoms with Gasteiger partial charge in [-0.2, -0.15) is 0 Å². The molecule has 1 amide bonds. The van der Waals surface area contributed by atoms with E-state index in [1.165, 1.54) is 12.8 Å². The average Bonchev–Trinajstić information content (AvgIpc) is 3.21. The summed E-state index contributed by atoms with van der Waals surface area (Å²) in [4.78, 5) is 14.0. The van der Waals surface area contributed by atoms with Crippen molar-refractivity contribution in [3.8, 4) is 0 Å². The van der Waals surface area contributed by atoms with Crippen LogP contribution in [0.3, 0.4) is 0 Å². The molecule has 5 nitrogen and oxygen atoms in total. The van der Waals surface area contributed by atoms with E-state index in [1.54, 1.807) is 4.90 Å². The fourth-order valence-electron chi connectivity index (χ4n) is 3.07. The quantitative estimate of drug-likeness (QED) is 0.835. The van der Waals surface area contributed by atoms with Crippen LogP contribution in [0.15, 0.2) is 0 Å². The number of nitrogens with zero attached hydrogens (tertiary/aromatic N) is 1. The molecule has 0 aromatic heterocycles. The summed E-state index contributed by atoms with van der Waals surface area (Å²) in [5.41, 5.74) is -0.660. The lowest BCUT2D eigenvalue weighted by Crippen LogP contribution is -2.58. The first-order valence-corrected chi connectivity index (χ1v) is 8.10. The molecule has 2 fully saturated rings. The summed E-state index contributed by atoms with van der Waals surface area (Å²) in [6.07, 6.45) is 4.16. The van der Waals surface area contributed by atoms with Gasteiger partial charge in [-0.05, 0) is 59.3 Å². The molecule has 1 saturated heterocycles. The predicted molar refractivity (Wildman–Crippen MR) is 82.2 cm³/mol. The van der Waals surface area contributed by atoms with Crippen LogP contribution in [0.4, 0.5) is 4.79 Å². The lowest BCUT2D eigenvalue weighted by atomic mass is 9.93. The Labute approximate surface area is 128 Å². The molecule has 0 spiro atoms. The SMILES string of the molecule is CC(C)(C)OC(=O)N1CCCC(NC(C)(CO)C2CC2)C1. The molecule has 0 radical (unpaired) electrons. The molecule has 2 unspecified atom stereocenters. The molecule has 0 bridgehead atoms. The van der Waals surface area contributed by atoms with E-state index < -0.39 is 5.60 Å². The van der Waals surface area contributed by atoms with Gasteiger partial charge in [0.25, 0.3) is 0 Å². The maximum absolute atomic E-state index is 12.2. The van der Waals surface area contributed by atoms with E-state index in [9.17, 15) is 9.90 Å². The van der Waals surface area contributed by atoms with Crippen molar-refractivity contribution in [1.29, 1.82) is 0 Å². The Morgan fingerprint density at radius 2 is 1.95 bits per heavy atom. The number of carbonyl (C=O) groups excluding carboxylic acids is 1. The minimum absolute atomic E-state index is 0.153. The van der Waals surface area contributed by atoms with Gasteiger partial charge in [0.1, 0.15) is 5.60 Å². The van der Waals surface area contributed by atoms with Crippen molar-refractivity contribution in [3.05, 3.63) is 0 Å². The third-order valence-corrected chi connectivity index (χ3v) is 4.41. The van der Waals surface area contributed by atoms with Crippen molar-refractivity contribution in [2.75, 3.05) is 19.7 Å². The number of carbonyl (C=O) groups is 1. The second-order valence-corrected chi connectivity index (χ2v) is 7.76. The molecule has 0 aromatic rings. The molecule has 1 saturated carbocycles. The van der Waals surface area contributed by atoms with Crippen LogP contribution in [0.25, 0.3) is 0 Å². The highest BCUT2D eigenvalue weighted by molar-refractivity contribution is 5.68. The van der Waals surface area contributed by atoms with Crippen molar-refractivity contribution < 1.29 is 14.6 Å². The number of hydrogen-bond acceptors (Lipinski definition) is 4. The molecule has 0 aromatic carbocycles.